The van der Waals surface area contributed by atoms with Gasteiger partial charge in [0.15, 0.2) is 0 Å². The molecule has 1 aromatic heterocycles. The van der Waals surface area contributed by atoms with Crippen molar-refractivity contribution >= 4 is 68.3 Å². The number of aliphatic hydroxyl groups is 2. The van der Waals surface area contributed by atoms with Gasteiger partial charge in [-0.2, -0.15) is 23.4 Å². The van der Waals surface area contributed by atoms with E-state index in [1.54, 1.807) is 24.3 Å². The minimum absolute atomic E-state index is 0.00825. The van der Waals surface area contributed by atoms with Gasteiger partial charge in [0.2, 0.25) is 17.8 Å². The summed E-state index contributed by atoms with van der Waals surface area (Å²) in [6.45, 7) is -0.253. The van der Waals surface area contributed by atoms with Crippen molar-refractivity contribution in [2.24, 2.45) is 0 Å². The van der Waals surface area contributed by atoms with Gasteiger partial charge in [-0.25, -0.2) is 0 Å². The van der Waals surface area contributed by atoms with E-state index in [9.17, 15) is 42.1 Å². The number of nitrogens with one attached hydrogen (secondary N) is 2. The topological polar surface area (TPSA) is 244 Å². The highest BCUT2D eigenvalue weighted by Gasteiger charge is 2.19. The van der Waals surface area contributed by atoms with Crippen LogP contribution in [-0.4, -0.2) is 78.1 Å². The number of para-hydroxylation sites is 1. The lowest BCUT2D eigenvalue weighted by Gasteiger charge is -2.21. The Kier molecular flexibility index (Phi) is 10.8. The van der Waals surface area contributed by atoms with Crippen molar-refractivity contribution in [3.8, 4) is 0 Å². The van der Waals surface area contributed by atoms with Gasteiger partial charge in [-0.1, -0.05) is 36.4 Å². The van der Waals surface area contributed by atoms with Gasteiger partial charge < -0.3 is 30.3 Å². The van der Waals surface area contributed by atoms with Crippen LogP contribution in [0.2, 0.25) is 0 Å². The van der Waals surface area contributed by atoms with Crippen LogP contribution >= 0.6 is 0 Å². The molecule has 45 heavy (non-hydrogen) atoms. The van der Waals surface area contributed by atoms with Crippen LogP contribution in [-0.2, 0) is 21.2 Å². The molecule has 1 heterocycles. The third-order valence-electron chi connectivity index (χ3n) is 6.05. The fourth-order valence-corrected chi connectivity index (χ4v) is 5.28. The second-order valence-corrected chi connectivity index (χ2v) is 11.4. The van der Waals surface area contributed by atoms with Gasteiger partial charge in [0.25, 0.3) is 15.8 Å². The monoisotopic (exact) mass is 656 g/mol. The maximum Gasteiger partial charge on any atom is 0.295 e. The van der Waals surface area contributed by atoms with Gasteiger partial charge in [0, 0.05) is 41.5 Å². The van der Waals surface area contributed by atoms with Gasteiger partial charge in [0.1, 0.15) is 4.90 Å². The Hall–Kier alpha value is -4.85. The van der Waals surface area contributed by atoms with E-state index in [4.69, 9.17) is 0 Å². The number of hydrogen-bond acceptors (Lipinski definition) is 14. The van der Waals surface area contributed by atoms with Crippen LogP contribution in [0, 0.1) is 10.1 Å². The van der Waals surface area contributed by atoms with Gasteiger partial charge in [0.05, 0.1) is 18.1 Å². The Labute approximate surface area is 259 Å². The smallest absolute Gasteiger partial charge is 0.295 e. The van der Waals surface area contributed by atoms with E-state index in [0.717, 1.165) is 12.1 Å². The molecule has 3 aromatic carbocycles. The largest absolute Gasteiger partial charge is 0.768 e. The van der Waals surface area contributed by atoms with Crippen molar-refractivity contribution in [3.63, 3.8) is 0 Å². The average Bonchev–Trinajstić information content (AvgIpc) is 3.00. The Morgan fingerprint density at radius 2 is 1.47 bits per heavy atom. The Morgan fingerprint density at radius 3 is 2.04 bits per heavy atom. The summed E-state index contributed by atoms with van der Waals surface area (Å²) < 4.78 is 57.6. The summed E-state index contributed by atoms with van der Waals surface area (Å²) in [6, 6.07) is 16.0. The van der Waals surface area contributed by atoms with E-state index in [0.29, 0.717) is 11.8 Å². The minimum Gasteiger partial charge on any atom is -0.768 e. The predicted octanol–water partition coefficient (Wildman–Crippen LogP) is 2.71. The van der Waals surface area contributed by atoms with E-state index in [-0.39, 0.29) is 65.9 Å². The van der Waals surface area contributed by atoms with Gasteiger partial charge in [-0.15, -0.1) is 0 Å². The fraction of sp³-hybridized carbons (Fsp3) is 0.148. The number of aromatic nitrogens is 3. The molecular weight excluding hydrogens is 630 g/mol. The van der Waals surface area contributed by atoms with Gasteiger partial charge in [-0.05, 0) is 52.5 Å². The molecule has 0 bridgehead atoms. The zero-order valence-electron chi connectivity index (χ0n) is 23.2. The van der Waals surface area contributed by atoms with Crippen molar-refractivity contribution in [2.75, 3.05) is 41.8 Å². The molecule has 0 saturated heterocycles. The molecule has 5 N–H and O–H groups in total. The highest BCUT2D eigenvalue weighted by Crippen LogP contribution is 2.27. The number of aliphatic hydroxyl groups excluding tert-OH is 2. The van der Waals surface area contributed by atoms with Crippen LogP contribution in [0.5, 0.6) is 0 Å². The third kappa shape index (κ3) is 8.85. The number of nitro groups is 1. The number of nitrogens with zero attached hydrogens (tertiary/aromatic N) is 5. The second-order valence-electron chi connectivity index (χ2n) is 9.11. The summed E-state index contributed by atoms with van der Waals surface area (Å²) in [7, 11) is -4.85. The van der Waals surface area contributed by atoms with Gasteiger partial charge >= 0.3 is 0 Å². The SMILES string of the molecule is O=[N+]([O-])c1ccc(/C=C/c2ccc(Nc3nc(Nc4ccccc4)nc(N(CCO)CCO)n3)cc2S(=O)[O-])c(S(=O)(=O)O)c1. The van der Waals surface area contributed by atoms with E-state index >= 15 is 0 Å². The fourth-order valence-electron chi connectivity index (χ4n) is 4.02. The minimum atomic E-state index is -4.85. The molecule has 4 aromatic rings. The Bertz CT molecular complexity index is 1840. The second kappa shape index (κ2) is 14.8. The average molecular weight is 657 g/mol. The summed E-state index contributed by atoms with van der Waals surface area (Å²) >= 11 is -2.77. The molecule has 18 heteroatoms. The first-order chi connectivity index (χ1) is 21.5. The molecule has 0 radical (unpaired) electrons. The zero-order chi connectivity index (χ0) is 32.6. The quantitative estimate of drug-likeness (QED) is 0.0430. The highest BCUT2D eigenvalue weighted by atomic mass is 32.2. The molecule has 0 spiro atoms. The van der Waals surface area contributed by atoms with Crippen LogP contribution in [0.1, 0.15) is 11.1 Å². The molecule has 0 aliphatic rings. The van der Waals surface area contributed by atoms with Crippen LogP contribution in [0.15, 0.2) is 76.5 Å². The lowest BCUT2D eigenvalue weighted by atomic mass is 10.1. The first kappa shape index (κ1) is 33.1. The molecule has 1 unspecified atom stereocenters. The first-order valence-electron chi connectivity index (χ1n) is 13.0. The van der Waals surface area contributed by atoms with Crippen LogP contribution in [0.25, 0.3) is 12.2 Å². The molecule has 0 aliphatic heterocycles. The van der Waals surface area contributed by atoms with Crippen LogP contribution in [0.3, 0.4) is 0 Å². The summed E-state index contributed by atoms with van der Waals surface area (Å²) in [5.74, 6) is 0.257. The number of non-ortho nitro benzene ring substituents is 1. The first-order valence-corrected chi connectivity index (χ1v) is 15.5. The maximum absolute atomic E-state index is 12.2. The Morgan fingerprint density at radius 1 is 0.867 bits per heavy atom. The molecule has 1 atom stereocenters. The standard InChI is InChI=1S/C27H27N7O9S2/c35-14-12-33(13-15-36)27-31-25(28-20-4-2-1-3-5-20)30-26(32-27)29-21-10-8-18(23(16-21)44(39)40)6-7-19-9-11-22(34(37)38)17-24(19)45(41,42)43/h1-11,16-17,35-36H,12-15H2,(H,39,40)(H,41,42,43)(H2,28,29,30,31,32)/p-1/b7-6+. The van der Waals surface area contributed by atoms with E-state index in [1.165, 1.54) is 35.3 Å². The lowest BCUT2D eigenvalue weighted by molar-refractivity contribution is -0.385. The van der Waals surface area contributed by atoms with Gasteiger partial charge in [-0.3, -0.25) is 18.9 Å². The number of anilines is 5. The summed E-state index contributed by atoms with van der Waals surface area (Å²) in [6.07, 6.45) is 2.47. The molecular formula is C27H26N7O9S2-. The molecule has 4 rings (SSSR count). The Balaban J connectivity index is 1.69. The van der Waals surface area contributed by atoms with E-state index < -0.39 is 36.7 Å². The molecule has 0 amide bonds. The summed E-state index contributed by atoms with van der Waals surface area (Å²) in [4.78, 5) is 24.0. The predicted molar refractivity (Wildman–Crippen MR) is 165 cm³/mol. The maximum atomic E-state index is 12.2. The van der Waals surface area contributed by atoms with E-state index in [1.807, 2.05) is 6.07 Å². The van der Waals surface area contributed by atoms with Crippen molar-refractivity contribution in [2.45, 2.75) is 9.79 Å². The molecule has 0 aliphatic carbocycles. The molecule has 0 saturated carbocycles. The third-order valence-corrected chi connectivity index (χ3v) is 7.68. The van der Waals surface area contributed by atoms with Crippen LogP contribution < -0.4 is 15.5 Å². The number of hydrogen-bond donors (Lipinski definition) is 5. The van der Waals surface area contributed by atoms with Crippen molar-refractivity contribution in [1.29, 1.82) is 0 Å². The van der Waals surface area contributed by atoms with Crippen molar-refractivity contribution in [3.05, 3.63) is 88.0 Å². The van der Waals surface area contributed by atoms with Crippen molar-refractivity contribution < 1.29 is 36.9 Å². The molecule has 236 valence electrons. The zero-order valence-corrected chi connectivity index (χ0v) is 24.8. The number of rotatable bonds is 14. The number of nitro benzene ring substituents is 1. The molecule has 16 nitrogen and oxygen atoms in total. The van der Waals surface area contributed by atoms with E-state index in [2.05, 4.69) is 25.6 Å². The highest BCUT2D eigenvalue weighted by molar-refractivity contribution is 7.86. The number of benzene rings is 3. The molecule has 0 fully saturated rings. The lowest BCUT2D eigenvalue weighted by Crippen LogP contribution is -2.31. The summed E-state index contributed by atoms with van der Waals surface area (Å²) in [5.41, 5.74) is 0.379. The van der Waals surface area contributed by atoms with Crippen LogP contribution in [0.4, 0.5) is 34.9 Å². The van der Waals surface area contributed by atoms with Crippen molar-refractivity contribution in [1.82, 2.24) is 15.0 Å². The summed E-state index contributed by atoms with van der Waals surface area (Å²) in [5, 5.41) is 36.0. The normalized spacial score (nSPS) is 12.2.